The Hall–Kier alpha value is -1.90. The topological polar surface area (TPSA) is 75.7 Å². The molecule has 152 valence electrons. The summed E-state index contributed by atoms with van der Waals surface area (Å²) in [7, 11) is -3.53. The molecule has 2 aromatic carbocycles. The number of amides is 1. The second-order valence-electron chi connectivity index (χ2n) is 6.06. The normalized spacial score (nSPS) is 11.5. The minimum Gasteiger partial charge on any atom is -0.493 e. The zero-order valence-electron chi connectivity index (χ0n) is 16.2. The van der Waals surface area contributed by atoms with E-state index in [2.05, 4.69) is 21.2 Å². The summed E-state index contributed by atoms with van der Waals surface area (Å²) in [5.41, 5.74) is 0.910. The van der Waals surface area contributed by atoms with Crippen LogP contribution in [0.25, 0.3) is 0 Å². The van der Waals surface area contributed by atoms with Gasteiger partial charge in [0.2, 0.25) is 10.0 Å². The van der Waals surface area contributed by atoms with Gasteiger partial charge in [0.1, 0.15) is 5.75 Å². The van der Waals surface area contributed by atoms with Gasteiger partial charge in [-0.2, -0.15) is 4.31 Å². The van der Waals surface area contributed by atoms with Crippen LogP contribution in [0.1, 0.15) is 37.6 Å². The molecule has 0 atom stereocenters. The molecule has 0 saturated heterocycles. The van der Waals surface area contributed by atoms with Gasteiger partial charge in [0, 0.05) is 23.2 Å². The molecule has 0 bridgehead atoms. The second-order valence-corrected chi connectivity index (χ2v) is 8.91. The number of anilines is 1. The van der Waals surface area contributed by atoms with Gasteiger partial charge in [0.05, 0.1) is 17.1 Å². The lowest BCUT2D eigenvalue weighted by Gasteiger charge is -2.18. The third-order valence-electron chi connectivity index (χ3n) is 4.10. The van der Waals surface area contributed by atoms with E-state index in [1.807, 2.05) is 13.0 Å². The fourth-order valence-corrected chi connectivity index (χ4v) is 4.46. The van der Waals surface area contributed by atoms with Crippen LogP contribution in [-0.2, 0) is 10.0 Å². The number of hydrogen-bond donors (Lipinski definition) is 1. The van der Waals surface area contributed by atoms with Crippen molar-refractivity contribution < 1.29 is 17.9 Å². The average Bonchev–Trinajstić information content (AvgIpc) is 2.68. The zero-order chi connectivity index (χ0) is 20.7. The third kappa shape index (κ3) is 5.33. The van der Waals surface area contributed by atoms with Crippen LogP contribution in [0.4, 0.5) is 5.69 Å². The highest BCUT2D eigenvalue weighted by Crippen LogP contribution is 2.25. The number of carbonyl (C=O) groups is 1. The van der Waals surface area contributed by atoms with Crippen LogP contribution in [0.5, 0.6) is 5.75 Å². The molecule has 28 heavy (non-hydrogen) atoms. The SMILES string of the molecule is CCCOc1ccc(Br)cc1C(=O)Nc1ccc(S(=O)(=O)N(CC)CC)cc1. The first-order valence-electron chi connectivity index (χ1n) is 9.17. The Kier molecular flexibility index (Phi) is 8.03. The van der Waals surface area contributed by atoms with Crippen molar-refractivity contribution in [2.75, 3.05) is 25.0 Å². The van der Waals surface area contributed by atoms with E-state index < -0.39 is 10.0 Å². The molecule has 0 saturated carbocycles. The number of nitrogens with one attached hydrogen (secondary N) is 1. The molecule has 1 amide bonds. The van der Waals surface area contributed by atoms with E-state index in [1.165, 1.54) is 16.4 Å². The molecule has 8 heteroatoms. The molecule has 0 aliphatic heterocycles. The fourth-order valence-electron chi connectivity index (χ4n) is 2.64. The largest absolute Gasteiger partial charge is 0.493 e. The summed E-state index contributed by atoms with van der Waals surface area (Å²) in [6.07, 6.45) is 0.833. The van der Waals surface area contributed by atoms with E-state index in [9.17, 15) is 13.2 Å². The summed E-state index contributed by atoms with van der Waals surface area (Å²) in [5, 5.41) is 2.79. The molecule has 0 unspecified atom stereocenters. The maximum atomic E-state index is 12.7. The van der Waals surface area contributed by atoms with E-state index in [0.717, 1.165) is 10.9 Å². The molecule has 0 fully saturated rings. The Labute approximate surface area is 175 Å². The Morgan fingerprint density at radius 2 is 1.71 bits per heavy atom. The Morgan fingerprint density at radius 1 is 1.07 bits per heavy atom. The lowest BCUT2D eigenvalue weighted by Crippen LogP contribution is -2.30. The van der Waals surface area contributed by atoms with Gasteiger partial charge in [-0.25, -0.2) is 8.42 Å². The first-order chi connectivity index (χ1) is 13.3. The van der Waals surface area contributed by atoms with Gasteiger partial charge < -0.3 is 10.1 Å². The van der Waals surface area contributed by atoms with Crippen molar-refractivity contribution in [1.82, 2.24) is 4.31 Å². The lowest BCUT2D eigenvalue weighted by molar-refractivity contribution is 0.102. The molecule has 6 nitrogen and oxygen atoms in total. The molecule has 0 spiro atoms. The minimum atomic E-state index is -3.53. The second kappa shape index (κ2) is 10.0. The highest BCUT2D eigenvalue weighted by Gasteiger charge is 2.21. The summed E-state index contributed by atoms with van der Waals surface area (Å²) in [6, 6.07) is 11.4. The number of ether oxygens (including phenoxy) is 1. The third-order valence-corrected chi connectivity index (χ3v) is 6.66. The average molecular weight is 469 g/mol. The van der Waals surface area contributed by atoms with Gasteiger partial charge in [0.15, 0.2) is 0 Å². The van der Waals surface area contributed by atoms with Crippen LogP contribution in [0.15, 0.2) is 51.8 Å². The first-order valence-corrected chi connectivity index (χ1v) is 11.4. The van der Waals surface area contributed by atoms with E-state index >= 15 is 0 Å². The number of sulfonamides is 1. The molecule has 2 rings (SSSR count). The Bertz CT molecular complexity index is 910. The molecular weight excluding hydrogens is 444 g/mol. The van der Waals surface area contributed by atoms with Gasteiger partial charge in [0.25, 0.3) is 5.91 Å². The van der Waals surface area contributed by atoms with Crippen LogP contribution in [-0.4, -0.2) is 38.3 Å². The van der Waals surface area contributed by atoms with Gasteiger partial charge >= 0.3 is 0 Å². The molecule has 0 aromatic heterocycles. The maximum absolute atomic E-state index is 12.7. The monoisotopic (exact) mass is 468 g/mol. The van der Waals surface area contributed by atoms with Gasteiger partial charge in [-0.05, 0) is 48.9 Å². The summed E-state index contributed by atoms with van der Waals surface area (Å²) < 4.78 is 32.9. The number of halogens is 1. The molecule has 0 aliphatic carbocycles. The van der Waals surface area contributed by atoms with Crippen LogP contribution in [0.2, 0.25) is 0 Å². The number of rotatable bonds is 9. The molecular formula is C20H25BrN2O4S. The minimum absolute atomic E-state index is 0.198. The van der Waals surface area contributed by atoms with Crippen LogP contribution >= 0.6 is 15.9 Å². The highest BCUT2D eigenvalue weighted by molar-refractivity contribution is 9.10. The van der Waals surface area contributed by atoms with E-state index in [1.54, 1.807) is 38.1 Å². The summed E-state index contributed by atoms with van der Waals surface area (Å²) in [4.78, 5) is 12.9. The number of carbonyl (C=O) groups excluding carboxylic acids is 1. The van der Waals surface area contributed by atoms with Crippen molar-refractivity contribution in [2.24, 2.45) is 0 Å². The smallest absolute Gasteiger partial charge is 0.259 e. The number of nitrogens with zero attached hydrogens (tertiary/aromatic N) is 1. The lowest BCUT2D eigenvalue weighted by atomic mass is 10.2. The molecule has 0 aliphatic rings. The predicted molar refractivity (Wildman–Crippen MR) is 114 cm³/mol. The van der Waals surface area contributed by atoms with Gasteiger partial charge in [-0.1, -0.05) is 36.7 Å². The highest BCUT2D eigenvalue weighted by atomic mass is 79.9. The van der Waals surface area contributed by atoms with Crippen LogP contribution in [0.3, 0.4) is 0 Å². The van der Waals surface area contributed by atoms with Crippen molar-refractivity contribution in [1.29, 1.82) is 0 Å². The van der Waals surface area contributed by atoms with Gasteiger partial charge in [-0.15, -0.1) is 0 Å². The Balaban J connectivity index is 2.21. The Morgan fingerprint density at radius 3 is 2.29 bits per heavy atom. The van der Waals surface area contributed by atoms with Crippen molar-refractivity contribution in [3.05, 3.63) is 52.5 Å². The van der Waals surface area contributed by atoms with Crippen molar-refractivity contribution in [3.8, 4) is 5.75 Å². The zero-order valence-corrected chi connectivity index (χ0v) is 18.6. The fraction of sp³-hybridized carbons (Fsp3) is 0.350. The maximum Gasteiger partial charge on any atom is 0.259 e. The van der Waals surface area contributed by atoms with E-state index in [0.29, 0.717) is 36.7 Å². The van der Waals surface area contributed by atoms with Crippen molar-refractivity contribution >= 4 is 37.5 Å². The molecule has 0 heterocycles. The van der Waals surface area contributed by atoms with Crippen molar-refractivity contribution in [2.45, 2.75) is 32.1 Å². The summed E-state index contributed by atoms with van der Waals surface area (Å²) >= 11 is 3.37. The summed E-state index contributed by atoms with van der Waals surface area (Å²) in [5.74, 6) is 0.176. The van der Waals surface area contributed by atoms with E-state index in [-0.39, 0.29) is 10.8 Å². The first kappa shape index (κ1) is 22.4. The molecule has 2 aromatic rings. The number of hydrogen-bond acceptors (Lipinski definition) is 4. The summed E-state index contributed by atoms with van der Waals surface area (Å²) in [6.45, 7) is 6.91. The van der Waals surface area contributed by atoms with Gasteiger partial charge in [-0.3, -0.25) is 4.79 Å². The van der Waals surface area contributed by atoms with Crippen LogP contribution in [0, 0.1) is 0 Å². The van der Waals surface area contributed by atoms with E-state index in [4.69, 9.17) is 4.74 Å². The molecule has 1 N–H and O–H groups in total. The quantitative estimate of drug-likeness (QED) is 0.586. The van der Waals surface area contributed by atoms with Crippen molar-refractivity contribution in [3.63, 3.8) is 0 Å². The molecule has 0 radical (unpaired) electrons. The van der Waals surface area contributed by atoms with Crippen LogP contribution < -0.4 is 10.1 Å². The number of benzene rings is 2. The standard InChI is InChI=1S/C20H25BrN2O4S/c1-4-13-27-19-12-7-15(21)14-18(19)20(24)22-16-8-10-17(11-9-16)28(25,26)23(5-2)6-3/h7-12,14H,4-6,13H2,1-3H3,(H,22,24). The predicted octanol–water partition coefficient (Wildman–Crippen LogP) is 4.52.